The van der Waals surface area contributed by atoms with E-state index in [0.29, 0.717) is 0 Å². The van der Waals surface area contributed by atoms with E-state index in [0.717, 1.165) is 25.4 Å². The fraction of sp³-hybridized carbons (Fsp3) is 0.389. The van der Waals surface area contributed by atoms with Crippen LogP contribution < -0.4 is 25.3 Å². The zero-order valence-electron chi connectivity index (χ0n) is 21.0. The Morgan fingerprint density at radius 3 is 2.50 bits per heavy atom. The second-order valence-corrected chi connectivity index (χ2v) is 13.0. The van der Waals surface area contributed by atoms with Gasteiger partial charge in [0.05, 0.1) is 16.8 Å². The summed E-state index contributed by atoms with van der Waals surface area (Å²) >= 11 is 0. The molecule has 1 fully saturated rings. The molecule has 1 aromatic carbocycles. The maximum atomic E-state index is 12.2. The van der Waals surface area contributed by atoms with Crippen molar-refractivity contribution in [3.05, 3.63) is 52.6 Å². The topological polar surface area (TPSA) is 329 Å². The third-order valence-electron chi connectivity index (χ3n) is 5.66. The van der Waals surface area contributed by atoms with Crippen LogP contribution in [0.1, 0.15) is 24.8 Å². The van der Waals surface area contributed by atoms with Crippen molar-refractivity contribution in [1.29, 1.82) is 0 Å². The van der Waals surface area contributed by atoms with E-state index in [2.05, 4.69) is 32.6 Å². The number of hydrogen-bond acceptors (Lipinski definition) is 18. The molecule has 24 heteroatoms. The first-order valence-electron chi connectivity index (χ1n) is 11.4. The minimum Gasteiger partial charge on any atom is -0.634 e. The summed E-state index contributed by atoms with van der Waals surface area (Å²) in [7, 11) is -17.7. The number of hydrogen-bond donors (Lipinski definition) is 4. The predicted molar refractivity (Wildman–Crippen MR) is 130 cm³/mol. The van der Waals surface area contributed by atoms with E-state index in [1.165, 1.54) is 23.0 Å². The van der Waals surface area contributed by atoms with Crippen molar-refractivity contribution in [3.63, 3.8) is 0 Å². The highest BCUT2D eigenvalue weighted by molar-refractivity contribution is 7.68. The molecule has 5 N–H and O–H groups in total. The minimum absolute atomic E-state index is 0.00984. The Balaban J connectivity index is 1.36. The van der Waals surface area contributed by atoms with Gasteiger partial charge in [-0.25, -0.2) is 28.6 Å². The molecule has 3 heterocycles. The van der Waals surface area contributed by atoms with Crippen LogP contribution in [0.25, 0.3) is 11.2 Å². The summed E-state index contributed by atoms with van der Waals surface area (Å²) in [5, 5.41) is 31.9. The third kappa shape index (κ3) is 7.37. The molecule has 0 aliphatic carbocycles. The number of phosphoric ester groups is 2. The summed E-state index contributed by atoms with van der Waals surface area (Å²) < 4.78 is 35.5. The van der Waals surface area contributed by atoms with Crippen molar-refractivity contribution in [2.45, 2.75) is 37.6 Å². The van der Waals surface area contributed by atoms with Crippen molar-refractivity contribution in [2.24, 2.45) is 0 Å². The van der Waals surface area contributed by atoms with Gasteiger partial charge in [-0.1, -0.05) is 12.1 Å². The number of nitro groups is 1. The van der Waals surface area contributed by atoms with Crippen LogP contribution in [0.15, 0.2) is 36.9 Å². The molecule has 1 saturated heterocycles. The second kappa shape index (κ2) is 12.3. The van der Waals surface area contributed by atoms with Crippen LogP contribution in [0.3, 0.4) is 0 Å². The Hall–Kier alpha value is -2.42. The summed E-state index contributed by atoms with van der Waals surface area (Å²) in [4.78, 5) is 80.5. The van der Waals surface area contributed by atoms with E-state index >= 15 is 0 Å². The van der Waals surface area contributed by atoms with E-state index < -0.39 is 72.0 Å². The molecule has 42 heavy (non-hydrogen) atoms. The van der Waals surface area contributed by atoms with Crippen molar-refractivity contribution in [2.75, 3.05) is 12.3 Å². The summed E-state index contributed by atoms with van der Waals surface area (Å²) in [6.45, 7) is -0.0381. The Labute approximate surface area is 235 Å². The van der Waals surface area contributed by atoms with Gasteiger partial charge in [0.15, 0.2) is 17.7 Å². The van der Waals surface area contributed by atoms with Gasteiger partial charge in [-0.15, -0.1) is 8.62 Å². The van der Waals surface area contributed by atoms with Gasteiger partial charge in [-0.05, 0) is 13.0 Å². The average Bonchev–Trinajstić information content (AvgIpc) is 3.42. The molecule has 1 aliphatic heterocycles. The smallest absolute Gasteiger partial charge is 0.543 e. The maximum Gasteiger partial charge on any atom is 0.543 e. The largest absolute Gasteiger partial charge is 0.634 e. The number of para-hydroxylation sites is 1. The van der Waals surface area contributed by atoms with Crippen LogP contribution in [0.5, 0.6) is 0 Å². The normalized spacial score (nSPS) is 23.6. The van der Waals surface area contributed by atoms with Gasteiger partial charge in [0.2, 0.25) is 16.3 Å². The lowest BCUT2D eigenvalue weighted by molar-refractivity contribution is -0.386. The number of benzene rings is 1. The molecule has 0 saturated carbocycles. The number of nitrogens with zero attached hydrogens (tertiary/aromatic N) is 5. The van der Waals surface area contributed by atoms with Crippen molar-refractivity contribution >= 4 is 46.8 Å². The highest BCUT2D eigenvalue weighted by Crippen LogP contribution is 2.68. The molecule has 2 aromatic heterocycles. The summed E-state index contributed by atoms with van der Waals surface area (Å²) in [6.07, 6.45) is -5.70. The number of nitrogen functional groups attached to an aromatic ring is 1. The highest BCUT2D eigenvalue weighted by Gasteiger charge is 2.47. The number of aliphatic hydroxyl groups excluding tert-OH is 2. The van der Waals surface area contributed by atoms with E-state index in [4.69, 9.17) is 10.5 Å². The average molecular weight is 654 g/mol. The summed E-state index contributed by atoms with van der Waals surface area (Å²) in [6, 6.07) is 4.82. The second-order valence-electron chi connectivity index (χ2n) is 8.51. The predicted octanol–water partition coefficient (Wildman–Crippen LogP) is -2.34. The summed E-state index contributed by atoms with van der Waals surface area (Å²) in [5.41, 5.74) is 5.18. The molecule has 4 rings (SSSR count). The quantitative estimate of drug-likeness (QED) is 0.0902. The lowest BCUT2D eigenvalue weighted by atomic mass is 10.1. The number of phosphoric acid groups is 3. The molecule has 0 radical (unpaired) electrons. The van der Waals surface area contributed by atoms with Crippen LogP contribution in [0, 0.1) is 10.1 Å². The van der Waals surface area contributed by atoms with Crippen LogP contribution in [-0.2, 0) is 27.0 Å². The Kier molecular flexibility index (Phi) is 9.51. The lowest BCUT2D eigenvalue weighted by Gasteiger charge is -2.36. The molecule has 1 aliphatic rings. The molecule has 3 aromatic rings. The van der Waals surface area contributed by atoms with E-state index in [9.17, 15) is 49.4 Å². The van der Waals surface area contributed by atoms with Crippen LogP contribution >= 0.6 is 24.2 Å². The Morgan fingerprint density at radius 2 is 1.81 bits per heavy atom. The first-order chi connectivity index (χ1) is 19.5. The number of aromatic nitrogens is 4. The van der Waals surface area contributed by atoms with Crippen LogP contribution in [0.2, 0.25) is 0 Å². The van der Waals surface area contributed by atoms with Gasteiger partial charge in [0, 0.05) is 6.07 Å². The molecule has 6 atom stereocenters. The number of anilines is 1. The zero-order valence-corrected chi connectivity index (χ0v) is 23.6. The highest BCUT2D eigenvalue weighted by atomic mass is 31.3. The molecule has 230 valence electrons. The van der Waals surface area contributed by atoms with Crippen LogP contribution in [-0.4, -0.2) is 64.5 Å². The van der Waals surface area contributed by atoms with Gasteiger partial charge in [-0.2, -0.15) is 0 Å². The van der Waals surface area contributed by atoms with Crippen molar-refractivity contribution in [1.82, 2.24) is 19.5 Å². The maximum absolute atomic E-state index is 12.2. The number of imidazole rings is 1. The van der Waals surface area contributed by atoms with Crippen molar-refractivity contribution < 1.29 is 66.6 Å². The monoisotopic (exact) mass is 654 g/mol. The number of rotatable bonds is 12. The van der Waals surface area contributed by atoms with E-state index in [1.807, 2.05) is 0 Å². The van der Waals surface area contributed by atoms with E-state index in [-0.39, 0.29) is 22.5 Å². The van der Waals surface area contributed by atoms with Gasteiger partial charge < -0.3 is 40.3 Å². The molecule has 21 nitrogen and oxygen atoms in total. The third-order valence-corrected chi connectivity index (χ3v) is 9.95. The minimum atomic E-state index is -6.01. The number of nitrogens with two attached hydrogens (primary N) is 1. The fourth-order valence-corrected chi connectivity index (χ4v) is 7.46. The number of nitro benzene ring substituents is 1. The number of aliphatic hydroxyl groups is 2. The summed E-state index contributed by atoms with van der Waals surface area (Å²) in [5.74, 6) is 0.00984. The molecule has 0 bridgehead atoms. The number of ether oxygens (including phenoxy) is 1. The Morgan fingerprint density at radius 1 is 1.14 bits per heavy atom. The molecular formula is C18H21N6O15P3-2. The molecule has 0 spiro atoms. The first kappa shape index (κ1) is 32.5. The molecule has 0 amide bonds. The van der Waals surface area contributed by atoms with Gasteiger partial charge in [0.1, 0.15) is 42.9 Å². The molecular weight excluding hydrogens is 633 g/mol. The van der Waals surface area contributed by atoms with Gasteiger partial charge in [0.25, 0.3) is 5.69 Å². The van der Waals surface area contributed by atoms with Gasteiger partial charge in [-0.3, -0.25) is 19.6 Å². The fourth-order valence-electron chi connectivity index (χ4n) is 3.88. The van der Waals surface area contributed by atoms with Crippen molar-refractivity contribution in [3.8, 4) is 0 Å². The number of fused-ring (bicyclic) bond motifs is 1. The van der Waals surface area contributed by atoms with E-state index in [1.54, 1.807) is 0 Å². The SMILES string of the molecule is CC(O[P+]([O-])([O-])OP(=O)(O)O[P+]([O-])([O-])OC[C@H]1O[C@@H](n2cnc3c(N)ncnc32)[C@H](O)[C@@H]1O)c1ccccc1[N+](=O)[O-]. The Bertz CT molecular complexity index is 1490. The zero-order chi connectivity index (χ0) is 31.0. The van der Waals surface area contributed by atoms with Crippen LogP contribution in [0.4, 0.5) is 11.5 Å². The lowest BCUT2D eigenvalue weighted by Crippen LogP contribution is -2.36. The molecule has 2 unspecified atom stereocenters. The van der Waals surface area contributed by atoms with Gasteiger partial charge >= 0.3 is 7.82 Å². The first-order valence-corrected chi connectivity index (χ1v) is 15.8. The standard InChI is InChI=1S/C18H23N6O15P3/c1-9(10-4-2-3-5-11(10)24(27)28)37-41(31,32)39-42(33,34)38-40(29,30)35-6-12-14(25)15(26)18(36-12)23-8-22-13-16(19)20-7-21-17(13)23/h2-5,7-9,12,14-15,18,25-26H,6H2,1H3,(H,29,30)(H,31,32)(H,33,34)(H2,19,20,21)/p-2/t9?,12-,14-,15-,18-/m1/s1.